The van der Waals surface area contributed by atoms with Gasteiger partial charge in [0.1, 0.15) is 0 Å². The Morgan fingerprint density at radius 3 is 2.21 bits per heavy atom. The van der Waals surface area contributed by atoms with Gasteiger partial charge in [-0.25, -0.2) is 0 Å². The standard InChI is InChI=1S/C13H15N/c1-12-8-4-2-6-10-13(14)11-7-3-5-9-12/h2-11H,14H2,1H3/b4-2-,5-3?,6-2?,7-3-,8-4?,9-5?,10-6-,11-7?,12-8?,12-9?,13-10?,13-11+. The minimum Gasteiger partial charge on any atom is -0.399 e. The summed E-state index contributed by atoms with van der Waals surface area (Å²) in [6.07, 6.45) is 19.6. The summed E-state index contributed by atoms with van der Waals surface area (Å²) >= 11 is 0. The van der Waals surface area contributed by atoms with Gasteiger partial charge in [0.05, 0.1) is 0 Å². The van der Waals surface area contributed by atoms with E-state index in [0.29, 0.717) is 0 Å². The molecule has 0 saturated carbocycles. The Morgan fingerprint density at radius 1 is 0.786 bits per heavy atom. The van der Waals surface area contributed by atoms with E-state index in [1.54, 1.807) is 0 Å². The van der Waals surface area contributed by atoms with Crippen LogP contribution in [0.1, 0.15) is 6.92 Å². The van der Waals surface area contributed by atoms with E-state index in [4.69, 9.17) is 5.73 Å². The Morgan fingerprint density at radius 2 is 1.43 bits per heavy atom. The normalized spacial score (nSPS) is 27.5. The number of nitrogens with two attached hydrogens (primary N) is 1. The van der Waals surface area contributed by atoms with Crippen LogP contribution in [0.5, 0.6) is 0 Å². The summed E-state index contributed by atoms with van der Waals surface area (Å²) in [4.78, 5) is 0. The second kappa shape index (κ2) is 5.81. The summed E-state index contributed by atoms with van der Waals surface area (Å²) in [6.45, 7) is 2.06. The van der Waals surface area contributed by atoms with Gasteiger partial charge >= 0.3 is 0 Å². The lowest BCUT2D eigenvalue weighted by Gasteiger charge is -1.89. The van der Waals surface area contributed by atoms with Crippen LogP contribution in [-0.4, -0.2) is 0 Å². The van der Waals surface area contributed by atoms with Gasteiger partial charge in [-0.05, 0) is 19.1 Å². The van der Waals surface area contributed by atoms with Gasteiger partial charge in [0.25, 0.3) is 0 Å². The Hall–Kier alpha value is -1.76. The third-order valence-corrected chi connectivity index (χ3v) is 1.74. The molecular formula is C13H15N. The van der Waals surface area contributed by atoms with Gasteiger partial charge < -0.3 is 5.73 Å². The first kappa shape index (κ1) is 10.3. The van der Waals surface area contributed by atoms with E-state index in [1.165, 1.54) is 5.57 Å². The molecule has 0 unspecified atom stereocenters. The van der Waals surface area contributed by atoms with Crippen LogP contribution in [0.4, 0.5) is 0 Å². The molecule has 0 spiro atoms. The van der Waals surface area contributed by atoms with Crippen LogP contribution in [0.15, 0.2) is 72.0 Å². The molecule has 0 fully saturated rings. The van der Waals surface area contributed by atoms with Crippen LogP contribution in [0.3, 0.4) is 0 Å². The summed E-state index contributed by atoms with van der Waals surface area (Å²) in [5.74, 6) is 0. The zero-order valence-electron chi connectivity index (χ0n) is 8.35. The molecule has 72 valence electrons. The fourth-order valence-corrected chi connectivity index (χ4v) is 0.987. The van der Waals surface area contributed by atoms with E-state index in [9.17, 15) is 0 Å². The monoisotopic (exact) mass is 185 g/mol. The average molecular weight is 185 g/mol. The largest absolute Gasteiger partial charge is 0.399 e. The molecule has 0 atom stereocenters. The van der Waals surface area contributed by atoms with Crippen molar-refractivity contribution in [2.24, 2.45) is 5.73 Å². The SMILES string of the molecule is CC1=C\C=C/C=C\C(N)=C/C=C\C=C1. The van der Waals surface area contributed by atoms with E-state index in [2.05, 4.69) is 19.1 Å². The highest BCUT2D eigenvalue weighted by Gasteiger charge is 1.79. The molecule has 1 aliphatic carbocycles. The topological polar surface area (TPSA) is 26.0 Å². The van der Waals surface area contributed by atoms with Crippen molar-refractivity contribution in [3.8, 4) is 0 Å². The lowest BCUT2D eigenvalue weighted by Crippen LogP contribution is -1.90. The molecular weight excluding hydrogens is 170 g/mol. The van der Waals surface area contributed by atoms with Gasteiger partial charge in [0.15, 0.2) is 0 Å². The lowest BCUT2D eigenvalue weighted by atomic mass is 10.2. The van der Waals surface area contributed by atoms with E-state index in [1.807, 2.05) is 48.6 Å². The summed E-state index contributed by atoms with van der Waals surface area (Å²) in [7, 11) is 0. The first-order valence-corrected chi connectivity index (χ1v) is 4.61. The number of rotatable bonds is 0. The molecule has 1 nitrogen and oxygen atoms in total. The predicted octanol–water partition coefficient (Wildman–Crippen LogP) is 3.01. The molecule has 0 heterocycles. The number of allylic oxidation sites excluding steroid dienone is 11. The molecule has 14 heavy (non-hydrogen) atoms. The minimum absolute atomic E-state index is 0.751. The quantitative estimate of drug-likeness (QED) is 0.616. The Balaban J connectivity index is 2.87. The van der Waals surface area contributed by atoms with Crippen molar-refractivity contribution in [1.82, 2.24) is 0 Å². The molecule has 0 aromatic rings. The van der Waals surface area contributed by atoms with E-state index in [-0.39, 0.29) is 0 Å². The van der Waals surface area contributed by atoms with Gasteiger partial charge in [0, 0.05) is 5.70 Å². The molecule has 0 aromatic carbocycles. The maximum absolute atomic E-state index is 5.69. The smallest absolute Gasteiger partial charge is 0.0313 e. The van der Waals surface area contributed by atoms with Crippen LogP contribution in [-0.2, 0) is 0 Å². The Bertz CT molecular complexity index is 313. The van der Waals surface area contributed by atoms with Crippen LogP contribution in [0.2, 0.25) is 0 Å². The van der Waals surface area contributed by atoms with Crippen LogP contribution in [0.25, 0.3) is 0 Å². The number of hydrogen-bond donors (Lipinski definition) is 1. The highest BCUT2D eigenvalue weighted by atomic mass is 14.5. The van der Waals surface area contributed by atoms with Crippen molar-refractivity contribution < 1.29 is 0 Å². The molecule has 0 aliphatic heterocycles. The highest BCUT2D eigenvalue weighted by molar-refractivity contribution is 5.30. The first-order valence-electron chi connectivity index (χ1n) is 4.61. The Labute approximate surface area is 85.3 Å². The van der Waals surface area contributed by atoms with Crippen molar-refractivity contribution in [2.45, 2.75) is 6.92 Å². The van der Waals surface area contributed by atoms with E-state index in [0.717, 1.165) is 5.70 Å². The maximum atomic E-state index is 5.69. The van der Waals surface area contributed by atoms with Crippen molar-refractivity contribution in [2.75, 3.05) is 0 Å². The molecule has 0 saturated heterocycles. The fraction of sp³-hybridized carbons (Fsp3) is 0.0769. The van der Waals surface area contributed by atoms with Gasteiger partial charge in [0.2, 0.25) is 0 Å². The van der Waals surface area contributed by atoms with Crippen molar-refractivity contribution >= 4 is 0 Å². The third kappa shape index (κ3) is 4.31. The van der Waals surface area contributed by atoms with Gasteiger partial charge in [-0.3, -0.25) is 0 Å². The highest BCUT2D eigenvalue weighted by Crippen LogP contribution is 1.98. The molecule has 0 radical (unpaired) electrons. The lowest BCUT2D eigenvalue weighted by molar-refractivity contribution is 1.42. The average Bonchev–Trinajstić information content (AvgIpc) is 2.14. The maximum Gasteiger partial charge on any atom is 0.0313 e. The van der Waals surface area contributed by atoms with Gasteiger partial charge in [-0.2, -0.15) is 0 Å². The summed E-state index contributed by atoms with van der Waals surface area (Å²) < 4.78 is 0. The fourth-order valence-electron chi connectivity index (χ4n) is 0.987. The van der Waals surface area contributed by atoms with Gasteiger partial charge in [-0.1, -0.05) is 54.2 Å². The van der Waals surface area contributed by atoms with Crippen molar-refractivity contribution in [3.63, 3.8) is 0 Å². The van der Waals surface area contributed by atoms with E-state index >= 15 is 0 Å². The van der Waals surface area contributed by atoms with Crippen LogP contribution in [0, 0.1) is 0 Å². The minimum atomic E-state index is 0.751. The molecule has 0 aromatic heterocycles. The van der Waals surface area contributed by atoms with E-state index < -0.39 is 0 Å². The zero-order valence-corrected chi connectivity index (χ0v) is 8.35. The molecule has 2 N–H and O–H groups in total. The molecule has 0 amide bonds. The molecule has 1 rings (SSSR count). The van der Waals surface area contributed by atoms with Crippen molar-refractivity contribution in [3.05, 3.63) is 72.0 Å². The second-order valence-corrected chi connectivity index (χ2v) is 3.07. The zero-order chi connectivity index (χ0) is 10.2. The summed E-state index contributed by atoms with van der Waals surface area (Å²) in [6, 6.07) is 0. The van der Waals surface area contributed by atoms with Crippen molar-refractivity contribution in [1.29, 1.82) is 0 Å². The first-order chi connectivity index (χ1) is 6.79. The molecule has 0 bridgehead atoms. The predicted molar refractivity (Wildman–Crippen MR) is 62.6 cm³/mol. The number of hydrogen-bond acceptors (Lipinski definition) is 1. The molecule has 1 aliphatic rings. The van der Waals surface area contributed by atoms with Crippen LogP contribution >= 0.6 is 0 Å². The van der Waals surface area contributed by atoms with Gasteiger partial charge in [-0.15, -0.1) is 0 Å². The van der Waals surface area contributed by atoms with Crippen LogP contribution < -0.4 is 5.73 Å². The third-order valence-electron chi connectivity index (χ3n) is 1.74. The summed E-state index contributed by atoms with van der Waals surface area (Å²) in [5, 5.41) is 0. The second-order valence-electron chi connectivity index (χ2n) is 3.07. The molecule has 1 heteroatoms. The summed E-state index contributed by atoms with van der Waals surface area (Å²) in [5.41, 5.74) is 7.66. The Kier molecular flexibility index (Phi) is 4.29.